The van der Waals surface area contributed by atoms with Gasteiger partial charge in [-0.1, -0.05) is 40.9 Å². The van der Waals surface area contributed by atoms with Crippen LogP contribution in [0.25, 0.3) is 0 Å². The van der Waals surface area contributed by atoms with Gasteiger partial charge in [-0.05, 0) is 30.0 Å². The predicted octanol–water partition coefficient (Wildman–Crippen LogP) is 3.20. The third-order valence-corrected chi connectivity index (χ3v) is 4.63. The van der Waals surface area contributed by atoms with Gasteiger partial charge < -0.3 is 5.32 Å². The van der Waals surface area contributed by atoms with Crippen LogP contribution in [0.5, 0.6) is 0 Å². The second-order valence-electron chi connectivity index (χ2n) is 5.53. The number of hydrogen-bond donors (Lipinski definition) is 1. The van der Waals surface area contributed by atoms with Gasteiger partial charge in [-0.3, -0.25) is 4.90 Å². The lowest BCUT2D eigenvalue weighted by molar-refractivity contribution is 0.160. The number of nitrogens with one attached hydrogen (secondary N) is 1. The lowest BCUT2D eigenvalue weighted by Gasteiger charge is -2.35. The summed E-state index contributed by atoms with van der Waals surface area (Å²) < 4.78 is 1.18. The van der Waals surface area contributed by atoms with Gasteiger partial charge in [0.2, 0.25) is 0 Å². The first-order chi connectivity index (χ1) is 8.83. The first-order valence-electron chi connectivity index (χ1n) is 7.03. The monoisotopic (exact) mass is 308 g/mol. The van der Waals surface area contributed by atoms with Crippen LogP contribution in [-0.2, 0) is 0 Å². The normalized spacial score (nSPS) is 22.9. The highest BCUT2D eigenvalue weighted by atomic mass is 79.9. The van der Waals surface area contributed by atoms with Crippen LogP contribution in [0.2, 0.25) is 0 Å². The SMILES string of the molecule is Brc1ccc([C@@H](CC2CC2)N2CCNCC2)cc1. The molecule has 18 heavy (non-hydrogen) atoms. The zero-order chi connectivity index (χ0) is 12.4. The minimum absolute atomic E-state index is 0.632. The maximum Gasteiger partial charge on any atom is 0.0351 e. The molecule has 0 radical (unpaired) electrons. The van der Waals surface area contributed by atoms with E-state index < -0.39 is 0 Å². The van der Waals surface area contributed by atoms with E-state index in [0.717, 1.165) is 19.0 Å². The highest BCUT2D eigenvalue weighted by Crippen LogP contribution is 2.40. The lowest BCUT2D eigenvalue weighted by Crippen LogP contribution is -2.45. The molecule has 0 unspecified atom stereocenters. The topological polar surface area (TPSA) is 15.3 Å². The van der Waals surface area contributed by atoms with E-state index in [1.54, 1.807) is 0 Å². The van der Waals surface area contributed by atoms with Crippen LogP contribution < -0.4 is 5.32 Å². The molecule has 3 heteroatoms. The Morgan fingerprint density at radius 2 is 1.83 bits per heavy atom. The van der Waals surface area contributed by atoms with Gasteiger partial charge in [0.25, 0.3) is 0 Å². The van der Waals surface area contributed by atoms with Crippen LogP contribution in [0.3, 0.4) is 0 Å². The molecular formula is C15H21BrN2. The number of rotatable bonds is 4. The molecule has 2 nitrogen and oxygen atoms in total. The maximum absolute atomic E-state index is 3.53. The van der Waals surface area contributed by atoms with Gasteiger partial charge in [-0.15, -0.1) is 0 Å². The maximum atomic E-state index is 3.53. The van der Waals surface area contributed by atoms with Crippen molar-refractivity contribution in [1.82, 2.24) is 10.2 Å². The van der Waals surface area contributed by atoms with Gasteiger partial charge in [0.05, 0.1) is 0 Å². The third-order valence-electron chi connectivity index (χ3n) is 4.10. The van der Waals surface area contributed by atoms with Crippen molar-refractivity contribution < 1.29 is 0 Å². The summed E-state index contributed by atoms with van der Waals surface area (Å²) in [5, 5.41) is 3.45. The highest BCUT2D eigenvalue weighted by Gasteiger charge is 2.30. The summed E-state index contributed by atoms with van der Waals surface area (Å²) in [6, 6.07) is 9.57. The molecule has 1 saturated carbocycles. The number of nitrogens with zero attached hydrogens (tertiary/aromatic N) is 1. The van der Waals surface area contributed by atoms with E-state index in [1.165, 1.54) is 42.4 Å². The van der Waals surface area contributed by atoms with Gasteiger partial charge in [-0.2, -0.15) is 0 Å². The van der Waals surface area contributed by atoms with E-state index in [4.69, 9.17) is 0 Å². The molecule has 0 amide bonds. The van der Waals surface area contributed by atoms with Crippen molar-refractivity contribution in [2.75, 3.05) is 26.2 Å². The molecule has 0 spiro atoms. The van der Waals surface area contributed by atoms with E-state index >= 15 is 0 Å². The molecule has 1 aliphatic carbocycles. The second kappa shape index (κ2) is 5.72. The molecule has 0 bridgehead atoms. The number of benzene rings is 1. The van der Waals surface area contributed by atoms with E-state index in [2.05, 4.69) is 50.4 Å². The zero-order valence-corrected chi connectivity index (χ0v) is 12.3. The zero-order valence-electron chi connectivity index (χ0n) is 10.7. The molecule has 98 valence electrons. The van der Waals surface area contributed by atoms with Crippen molar-refractivity contribution in [3.63, 3.8) is 0 Å². The molecule has 1 aliphatic heterocycles. The summed E-state index contributed by atoms with van der Waals surface area (Å²) in [6.07, 6.45) is 4.24. The fraction of sp³-hybridized carbons (Fsp3) is 0.600. The van der Waals surface area contributed by atoms with E-state index in [-0.39, 0.29) is 0 Å². The number of hydrogen-bond acceptors (Lipinski definition) is 2. The molecule has 1 heterocycles. The average molecular weight is 309 g/mol. The number of piperazine rings is 1. The highest BCUT2D eigenvalue weighted by molar-refractivity contribution is 9.10. The van der Waals surface area contributed by atoms with Crippen molar-refractivity contribution in [2.24, 2.45) is 5.92 Å². The smallest absolute Gasteiger partial charge is 0.0351 e. The van der Waals surface area contributed by atoms with E-state index in [9.17, 15) is 0 Å². The molecule has 2 fully saturated rings. The Morgan fingerprint density at radius 3 is 2.44 bits per heavy atom. The predicted molar refractivity (Wildman–Crippen MR) is 78.7 cm³/mol. The van der Waals surface area contributed by atoms with Crippen LogP contribution in [0, 0.1) is 5.92 Å². The molecule has 1 N–H and O–H groups in total. The molecule has 3 rings (SSSR count). The van der Waals surface area contributed by atoms with Crippen LogP contribution in [0.15, 0.2) is 28.7 Å². The molecule has 1 aromatic rings. The Balaban J connectivity index is 1.76. The van der Waals surface area contributed by atoms with Crippen molar-refractivity contribution in [3.8, 4) is 0 Å². The summed E-state index contributed by atoms with van der Waals surface area (Å²) >= 11 is 3.53. The Kier molecular flexibility index (Phi) is 4.02. The summed E-state index contributed by atoms with van der Waals surface area (Å²) in [6.45, 7) is 4.65. The fourth-order valence-electron chi connectivity index (χ4n) is 2.84. The Morgan fingerprint density at radius 1 is 1.17 bits per heavy atom. The molecule has 2 aliphatic rings. The van der Waals surface area contributed by atoms with Crippen LogP contribution in [0.4, 0.5) is 0 Å². The standard InChI is InChI=1S/C15H21BrN2/c16-14-5-3-13(4-6-14)15(11-12-1-2-12)18-9-7-17-8-10-18/h3-6,12,15,17H,1-2,7-11H2/t15-/m1/s1. The molecule has 1 aromatic carbocycles. The quantitative estimate of drug-likeness (QED) is 0.919. The molecule has 1 saturated heterocycles. The molecule has 1 atom stereocenters. The lowest BCUT2D eigenvalue weighted by atomic mass is 9.99. The number of halogens is 1. The van der Waals surface area contributed by atoms with Crippen LogP contribution in [0.1, 0.15) is 30.9 Å². The van der Waals surface area contributed by atoms with Crippen molar-refractivity contribution >= 4 is 15.9 Å². The van der Waals surface area contributed by atoms with E-state index in [1.807, 2.05) is 0 Å². The van der Waals surface area contributed by atoms with Gasteiger partial charge in [0, 0.05) is 36.7 Å². The van der Waals surface area contributed by atoms with Crippen LogP contribution in [-0.4, -0.2) is 31.1 Å². The van der Waals surface area contributed by atoms with Crippen molar-refractivity contribution in [1.29, 1.82) is 0 Å². The van der Waals surface area contributed by atoms with Crippen LogP contribution >= 0.6 is 15.9 Å². The summed E-state index contributed by atoms with van der Waals surface area (Å²) in [7, 11) is 0. The molecular weight excluding hydrogens is 288 g/mol. The van der Waals surface area contributed by atoms with Gasteiger partial charge in [0.1, 0.15) is 0 Å². The first-order valence-corrected chi connectivity index (χ1v) is 7.82. The second-order valence-corrected chi connectivity index (χ2v) is 6.45. The Hall–Kier alpha value is -0.380. The van der Waals surface area contributed by atoms with Crippen molar-refractivity contribution in [3.05, 3.63) is 34.3 Å². The van der Waals surface area contributed by atoms with Gasteiger partial charge in [-0.25, -0.2) is 0 Å². The summed E-state index contributed by atoms with van der Waals surface area (Å²) in [4.78, 5) is 2.66. The minimum Gasteiger partial charge on any atom is -0.314 e. The molecule has 0 aromatic heterocycles. The van der Waals surface area contributed by atoms with Crippen molar-refractivity contribution in [2.45, 2.75) is 25.3 Å². The minimum atomic E-state index is 0.632. The Bertz CT molecular complexity index is 380. The summed E-state index contributed by atoms with van der Waals surface area (Å²) in [5.74, 6) is 0.980. The Labute approximate surface area is 118 Å². The fourth-order valence-corrected chi connectivity index (χ4v) is 3.11. The average Bonchev–Trinajstić information content (AvgIpc) is 3.22. The first kappa shape index (κ1) is 12.6. The third kappa shape index (κ3) is 3.14. The largest absolute Gasteiger partial charge is 0.314 e. The summed E-state index contributed by atoms with van der Waals surface area (Å²) in [5.41, 5.74) is 1.49. The van der Waals surface area contributed by atoms with E-state index in [0.29, 0.717) is 6.04 Å². The van der Waals surface area contributed by atoms with Gasteiger partial charge >= 0.3 is 0 Å². The van der Waals surface area contributed by atoms with Gasteiger partial charge in [0.15, 0.2) is 0 Å².